The molecular formula is C3H8NO4P. The number of hydrogen-bond acceptors (Lipinski definition) is 3. The third kappa shape index (κ3) is 2.74. The molecule has 0 rings (SSSR count). The summed E-state index contributed by atoms with van der Waals surface area (Å²) in [6.45, 7) is 3.08. The van der Waals surface area contributed by atoms with Gasteiger partial charge in [0, 0.05) is 0 Å². The van der Waals surface area contributed by atoms with Gasteiger partial charge in [0.15, 0.2) is 5.78 Å². The lowest BCUT2D eigenvalue weighted by atomic mass is 10.6. The summed E-state index contributed by atoms with van der Waals surface area (Å²) < 4.78 is 10.2. The highest BCUT2D eigenvalue weighted by Crippen LogP contribution is 2.39. The average Bonchev–Trinajstić information content (AvgIpc) is 1.65. The zero-order chi connectivity index (χ0) is 7.49. The van der Waals surface area contributed by atoms with E-state index in [0.717, 1.165) is 6.08 Å². The number of rotatable bonds is 3. The fourth-order valence-electron chi connectivity index (χ4n) is 0.265. The largest absolute Gasteiger partial charge is 0.348 e. The summed E-state index contributed by atoms with van der Waals surface area (Å²) in [5.41, 5.74) is 1.41. The lowest BCUT2D eigenvalue weighted by Gasteiger charge is -2.10. The highest BCUT2D eigenvalue weighted by atomic mass is 31.2. The SMILES string of the molecule is C=CC(NO)P(=O)(O)O. The van der Waals surface area contributed by atoms with Crippen molar-refractivity contribution < 1.29 is 19.6 Å². The molecule has 0 aromatic carbocycles. The Hall–Kier alpha value is -0.190. The van der Waals surface area contributed by atoms with Crippen molar-refractivity contribution in [2.45, 2.75) is 5.78 Å². The van der Waals surface area contributed by atoms with Crippen molar-refractivity contribution in [3.8, 4) is 0 Å². The minimum Gasteiger partial charge on any atom is -0.323 e. The summed E-state index contributed by atoms with van der Waals surface area (Å²) in [4.78, 5) is 16.6. The van der Waals surface area contributed by atoms with Crippen molar-refractivity contribution in [2.75, 3.05) is 0 Å². The lowest BCUT2D eigenvalue weighted by Crippen LogP contribution is -2.22. The average molecular weight is 153 g/mol. The van der Waals surface area contributed by atoms with E-state index in [9.17, 15) is 4.57 Å². The Balaban J connectivity index is 4.12. The number of hydroxylamine groups is 1. The van der Waals surface area contributed by atoms with E-state index in [0.29, 0.717) is 0 Å². The second-order valence-corrected chi connectivity index (χ2v) is 3.13. The van der Waals surface area contributed by atoms with E-state index in [2.05, 4.69) is 6.58 Å². The van der Waals surface area contributed by atoms with Crippen LogP contribution in [0.25, 0.3) is 0 Å². The quantitative estimate of drug-likeness (QED) is 0.253. The summed E-state index contributed by atoms with van der Waals surface area (Å²) in [5, 5.41) is 8.05. The number of hydrogen-bond donors (Lipinski definition) is 4. The van der Waals surface area contributed by atoms with E-state index in [1.807, 2.05) is 0 Å². The molecule has 0 fully saturated rings. The Kier molecular flexibility index (Phi) is 3.03. The smallest absolute Gasteiger partial charge is 0.323 e. The molecule has 0 heterocycles. The molecule has 0 aliphatic rings. The molecule has 1 atom stereocenters. The summed E-state index contributed by atoms with van der Waals surface area (Å²) in [6, 6.07) is 0. The monoisotopic (exact) mass is 153 g/mol. The minimum absolute atomic E-state index is 0.931. The van der Waals surface area contributed by atoms with Gasteiger partial charge in [-0.2, -0.15) is 5.48 Å². The van der Waals surface area contributed by atoms with E-state index in [1.165, 1.54) is 5.48 Å². The van der Waals surface area contributed by atoms with Crippen LogP contribution in [0.4, 0.5) is 0 Å². The van der Waals surface area contributed by atoms with Crippen LogP contribution in [0.1, 0.15) is 0 Å². The predicted molar refractivity (Wildman–Crippen MR) is 31.0 cm³/mol. The first-order chi connectivity index (χ1) is 4.02. The standard InChI is InChI=1S/C3H8NO4P/c1-2-3(4-5)9(6,7)8/h2-5H,1H2,(H2,6,7,8). The van der Waals surface area contributed by atoms with E-state index in [-0.39, 0.29) is 0 Å². The lowest BCUT2D eigenvalue weighted by molar-refractivity contribution is 0.156. The van der Waals surface area contributed by atoms with Crippen molar-refractivity contribution in [2.24, 2.45) is 0 Å². The molecular weight excluding hydrogens is 145 g/mol. The van der Waals surface area contributed by atoms with Gasteiger partial charge in [0.25, 0.3) is 0 Å². The van der Waals surface area contributed by atoms with Crippen molar-refractivity contribution in [3.05, 3.63) is 12.7 Å². The summed E-state index contributed by atoms with van der Waals surface area (Å²) in [5.74, 6) is -1.36. The second kappa shape index (κ2) is 3.10. The van der Waals surface area contributed by atoms with Crippen LogP contribution < -0.4 is 5.48 Å². The molecule has 6 heteroatoms. The second-order valence-electron chi connectivity index (χ2n) is 1.40. The van der Waals surface area contributed by atoms with Gasteiger partial charge in [-0.3, -0.25) is 4.57 Å². The molecule has 4 N–H and O–H groups in total. The van der Waals surface area contributed by atoms with Crippen LogP contribution in [0, 0.1) is 0 Å². The molecule has 0 aliphatic carbocycles. The molecule has 0 aromatic rings. The van der Waals surface area contributed by atoms with Crippen LogP contribution in [-0.2, 0) is 4.57 Å². The van der Waals surface area contributed by atoms with Crippen molar-refractivity contribution >= 4 is 7.60 Å². The molecule has 5 nitrogen and oxygen atoms in total. The highest BCUT2D eigenvalue weighted by Gasteiger charge is 2.24. The third-order valence-corrected chi connectivity index (χ3v) is 1.77. The Labute approximate surface area is 52.1 Å². The summed E-state index contributed by atoms with van der Waals surface area (Å²) >= 11 is 0. The molecule has 0 aliphatic heterocycles. The van der Waals surface area contributed by atoms with Crippen LogP contribution in [0.5, 0.6) is 0 Å². The van der Waals surface area contributed by atoms with Crippen molar-refractivity contribution in [1.29, 1.82) is 0 Å². The molecule has 0 radical (unpaired) electrons. The highest BCUT2D eigenvalue weighted by molar-refractivity contribution is 7.52. The maximum Gasteiger partial charge on any atom is 0.348 e. The van der Waals surface area contributed by atoms with Crippen LogP contribution in [0.3, 0.4) is 0 Å². The van der Waals surface area contributed by atoms with Gasteiger partial charge in [0.1, 0.15) is 0 Å². The Morgan fingerprint density at radius 1 is 1.67 bits per heavy atom. The van der Waals surface area contributed by atoms with Gasteiger partial charge in [-0.1, -0.05) is 6.08 Å². The fraction of sp³-hybridized carbons (Fsp3) is 0.333. The molecule has 0 bridgehead atoms. The molecule has 0 saturated carbocycles. The fourth-order valence-corrected chi connectivity index (χ4v) is 0.690. The Bertz CT molecular complexity index is 141. The normalized spacial score (nSPS) is 15.0. The molecule has 0 aromatic heterocycles. The van der Waals surface area contributed by atoms with E-state index in [4.69, 9.17) is 15.0 Å². The van der Waals surface area contributed by atoms with Gasteiger partial charge in [-0.15, -0.1) is 6.58 Å². The molecule has 1 unspecified atom stereocenters. The molecule has 9 heavy (non-hydrogen) atoms. The first-order valence-corrected chi connectivity index (χ1v) is 3.78. The van der Waals surface area contributed by atoms with Crippen LogP contribution >= 0.6 is 7.60 Å². The zero-order valence-electron chi connectivity index (χ0n) is 4.56. The number of nitrogens with one attached hydrogen (secondary N) is 1. The summed E-state index contributed by atoms with van der Waals surface area (Å²) in [6.07, 6.45) is 0.931. The van der Waals surface area contributed by atoms with Gasteiger partial charge in [0.05, 0.1) is 0 Å². The minimum atomic E-state index is -4.26. The van der Waals surface area contributed by atoms with Gasteiger partial charge in [0.2, 0.25) is 0 Å². The topological polar surface area (TPSA) is 89.8 Å². The van der Waals surface area contributed by atoms with Gasteiger partial charge in [-0.05, 0) is 0 Å². The third-order valence-electron chi connectivity index (χ3n) is 0.718. The molecule has 54 valence electrons. The first kappa shape index (κ1) is 8.81. The predicted octanol–water partition coefficient (Wildman–Crippen LogP) is -0.345. The van der Waals surface area contributed by atoms with Crippen molar-refractivity contribution in [3.63, 3.8) is 0 Å². The molecule has 0 saturated heterocycles. The molecule has 0 amide bonds. The van der Waals surface area contributed by atoms with Gasteiger partial charge in [-0.25, -0.2) is 0 Å². The Morgan fingerprint density at radius 3 is 2.11 bits per heavy atom. The Morgan fingerprint density at radius 2 is 2.11 bits per heavy atom. The van der Waals surface area contributed by atoms with Crippen LogP contribution in [-0.4, -0.2) is 20.8 Å². The summed E-state index contributed by atoms with van der Waals surface area (Å²) in [7, 11) is -4.26. The van der Waals surface area contributed by atoms with Crippen molar-refractivity contribution in [1.82, 2.24) is 5.48 Å². The first-order valence-electron chi connectivity index (χ1n) is 2.09. The molecule has 0 spiro atoms. The maximum atomic E-state index is 10.2. The van der Waals surface area contributed by atoms with Crippen LogP contribution in [0.2, 0.25) is 0 Å². The van der Waals surface area contributed by atoms with E-state index >= 15 is 0 Å². The zero-order valence-corrected chi connectivity index (χ0v) is 5.45. The van der Waals surface area contributed by atoms with Gasteiger partial charge < -0.3 is 15.0 Å². The van der Waals surface area contributed by atoms with Crippen LogP contribution in [0.15, 0.2) is 12.7 Å². The van der Waals surface area contributed by atoms with E-state index < -0.39 is 13.4 Å². The maximum absolute atomic E-state index is 10.2. The van der Waals surface area contributed by atoms with Gasteiger partial charge >= 0.3 is 7.60 Å². The van der Waals surface area contributed by atoms with E-state index in [1.54, 1.807) is 0 Å².